The van der Waals surface area contributed by atoms with Crippen molar-refractivity contribution in [1.29, 1.82) is 0 Å². The Morgan fingerprint density at radius 2 is 1.73 bits per heavy atom. The molecule has 0 unspecified atom stereocenters. The van der Waals surface area contributed by atoms with Crippen molar-refractivity contribution in [2.75, 3.05) is 0 Å². The van der Waals surface area contributed by atoms with Gasteiger partial charge in [0.25, 0.3) is 0 Å². The van der Waals surface area contributed by atoms with Crippen molar-refractivity contribution in [2.45, 2.75) is 38.0 Å². The van der Waals surface area contributed by atoms with E-state index in [1.165, 1.54) is 6.92 Å². The van der Waals surface area contributed by atoms with Crippen molar-refractivity contribution in [3.05, 3.63) is 57.3 Å². The van der Waals surface area contributed by atoms with Gasteiger partial charge in [0.2, 0.25) is 0 Å². The first-order valence-electron chi connectivity index (χ1n) is 8.19. The van der Waals surface area contributed by atoms with Gasteiger partial charge in [-0.1, -0.05) is 30.0 Å². The highest BCUT2D eigenvalue weighted by atomic mass is 32.2. The predicted molar refractivity (Wildman–Crippen MR) is 102 cm³/mol. The Labute approximate surface area is 154 Å². The number of fused-ring (bicyclic) bond motifs is 1. The molecule has 0 aliphatic heterocycles. The van der Waals surface area contributed by atoms with E-state index in [1.54, 1.807) is 13.8 Å². The van der Waals surface area contributed by atoms with Crippen LogP contribution in [0.4, 0.5) is 0 Å². The fraction of sp³-hybridized carbons (Fsp3) is 0.263. The van der Waals surface area contributed by atoms with E-state index in [0.717, 1.165) is 28.4 Å². The predicted octanol–water partition coefficient (Wildman–Crippen LogP) is 3.43. The second-order valence-corrected chi connectivity index (χ2v) is 7.53. The summed E-state index contributed by atoms with van der Waals surface area (Å²) in [6.07, 6.45) is 0. The van der Waals surface area contributed by atoms with Gasteiger partial charge in [-0.25, -0.2) is 4.79 Å². The third kappa shape index (κ3) is 3.22. The quantitative estimate of drug-likeness (QED) is 0.408. The number of nitrogens with one attached hydrogen (secondary N) is 2. The van der Waals surface area contributed by atoms with Crippen molar-refractivity contribution in [3.63, 3.8) is 0 Å². The number of para-hydroxylation sites is 1. The second kappa shape index (κ2) is 6.92. The normalized spacial score (nSPS) is 12.3. The summed E-state index contributed by atoms with van der Waals surface area (Å²) < 4.78 is 0. The lowest BCUT2D eigenvalue weighted by molar-refractivity contribution is 0.0989. The van der Waals surface area contributed by atoms with E-state index in [-0.39, 0.29) is 16.6 Å². The summed E-state index contributed by atoms with van der Waals surface area (Å²) in [6, 6.07) is 7.62. The first-order chi connectivity index (χ1) is 12.3. The molecule has 134 valence electrons. The number of carbonyl (C=O) groups is 2. The number of Topliss-reactive ketones (excluding diaryl/α,β-unsaturated/α-hetero) is 2. The highest BCUT2D eigenvalue weighted by Gasteiger charge is 2.25. The summed E-state index contributed by atoms with van der Waals surface area (Å²) >= 11 is 1.14. The number of aromatic amines is 2. The van der Waals surface area contributed by atoms with Crippen LogP contribution in [-0.4, -0.2) is 31.8 Å². The van der Waals surface area contributed by atoms with Gasteiger partial charge >= 0.3 is 5.69 Å². The van der Waals surface area contributed by atoms with Crippen LogP contribution in [-0.2, 0) is 0 Å². The van der Waals surface area contributed by atoms with Gasteiger partial charge in [0.05, 0.1) is 10.8 Å². The van der Waals surface area contributed by atoms with Crippen molar-refractivity contribution >= 4 is 34.2 Å². The Morgan fingerprint density at radius 3 is 2.42 bits per heavy atom. The number of carbonyl (C=O) groups excluding carboxylic acids is 2. The van der Waals surface area contributed by atoms with Gasteiger partial charge in [-0.15, -0.1) is 0 Å². The van der Waals surface area contributed by atoms with Gasteiger partial charge in [0.15, 0.2) is 11.6 Å². The number of aryl methyl sites for hydroxylation is 2. The summed E-state index contributed by atoms with van der Waals surface area (Å²) in [7, 11) is 0. The molecule has 0 aliphatic rings. The molecule has 0 saturated heterocycles. The first kappa shape index (κ1) is 18.1. The molecule has 1 aromatic carbocycles. The summed E-state index contributed by atoms with van der Waals surface area (Å²) in [6.45, 7) is 6.69. The van der Waals surface area contributed by atoms with Crippen LogP contribution < -0.4 is 5.69 Å². The standard InChI is InChI=1S/C19H19N3O3S/c1-9-15(11(3)23)18(22-19(25)21-9)26-12(4)17(24)16-10(2)20-14-8-6-5-7-13(14)16/h5-8,12,20H,1-4H3,(H,21,22,25)/t12-/m0/s1. The molecule has 3 aromatic rings. The number of hydrogen-bond donors (Lipinski definition) is 2. The molecule has 2 heterocycles. The van der Waals surface area contributed by atoms with Crippen LogP contribution in [0.2, 0.25) is 0 Å². The molecule has 7 heteroatoms. The fourth-order valence-corrected chi connectivity index (χ4v) is 4.19. The minimum absolute atomic E-state index is 0.0702. The molecule has 0 saturated carbocycles. The molecule has 2 aromatic heterocycles. The molecule has 3 rings (SSSR count). The van der Waals surface area contributed by atoms with Crippen molar-refractivity contribution < 1.29 is 9.59 Å². The number of benzene rings is 1. The van der Waals surface area contributed by atoms with Gasteiger partial charge in [-0.05, 0) is 33.8 Å². The zero-order valence-electron chi connectivity index (χ0n) is 15.0. The molecule has 6 nitrogen and oxygen atoms in total. The Morgan fingerprint density at radius 1 is 1.08 bits per heavy atom. The Hall–Kier alpha value is -2.67. The number of hydrogen-bond acceptors (Lipinski definition) is 5. The number of ketones is 2. The monoisotopic (exact) mass is 369 g/mol. The highest BCUT2D eigenvalue weighted by Crippen LogP contribution is 2.31. The van der Waals surface area contributed by atoms with Gasteiger partial charge in [0.1, 0.15) is 5.03 Å². The molecule has 0 spiro atoms. The lowest BCUT2D eigenvalue weighted by atomic mass is 10.1. The summed E-state index contributed by atoms with van der Waals surface area (Å²) in [5.74, 6) is -0.268. The molecule has 26 heavy (non-hydrogen) atoms. The van der Waals surface area contributed by atoms with Crippen LogP contribution in [0.5, 0.6) is 0 Å². The van der Waals surface area contributed by atoms with E-state index in [2.05, 4.69) is 15.0 Å². The van der Waals surface area contributed by atoms with Gasteiger partial charge in [-0.3, -0.25) is 9.59 Å². The maximum Gasteiger partial charge on any atom is 0.346 e. The van der Waals surface area contributed by atoms with Crippen LogP contribution in [0.1, 0.15) is 46.0 Å². The molecule has 0 radical (unpaired) electrons. The van der Waals surface area contributed by atoms with Crippen LogP contribution in [0.25, 0.3) is 10.9 Å². The molecule has 0 amide bonds. The highest BCUT2D eigenvalue weighted by molar-refractivity contribution is 8.00. The lowest BCUT2D eigenvalue weighted by Gasteiger charge is -2.13. The molecule has 0 bridgehead atoms. The van der Waals surface area contributed by atoms with E-state index in [1.807, 2.05) is 31.2 Å². The number of H-pyrrole nitrogens is 2. The van der Waals surface area contributed by atoms with Crippen LogP contribution in [0, 0.1) is 13.8 Å². The number of nitrogens with zero attached hydrogens (tertiary/aromatic N) is 1. The topological polar surface area (TPSA) is 95.7 Å². The average molecular weight is 369 g/mol. The molecule has 1 atom stereocenters. The maximum atomic E-state index is 13.1. The van der Waals surface area contributed by atoms with Crippen molar-refractivity contribution in [2.24, 2.45) is 0 Å². The Bertz CT molecular complexity index is 1080. The van der Waals surface area contributed by atoms with E-state index >= 15 is 0 Å². The third-order valence-corrected chi connectivity index (χ3v) is 5.32. The number of rotatable bonds is 5. The second-order valence-electron chi connectivity index (χ2n) is 6.20. The molecule has 0 aliphatic carbocycles. The van der Waals surface area contributed by atoms with Crippen molar-refractivity contribution in [1.82, 2.24) is 15.0 Å². The molecule has 0 fully saturated rings. The van der Waals surface area contributed by atoms with E-state index in [4.69, 9.17) is 0 Å². The zero-order valence-corrected chi connectivity index (χ0v) is 15.8. The average Bonchev–Trinajstić information content (AvgIpc) is 2.88. The zero-order chi connectivity index (χ0) is 19.0. The van der Waals surface area contributed by atoms with Crippen molar-refractivity contribution in [3.8, 4) is 0 Å². The SMILES string of the molecule is CC(=O)c1c(S[C@@H](C)C(=O)c2c(C)[nH]c3ccccc23)nc(=O)[nH]c1C. The summed E-state index contributed by atoms with van der Waals surface area (Å²) in [5, 5.41) is 0.654. The van der Waals surface area contributed by atoms with Gasteiger partial charge in [0, 0.05) is 27.9 Å². The van der Waals surface area contributed by atoms with Crippen LogP contribution in [0.15, 0.2) is 34.1 Å². The molecular weight excluding hydrogens is 350 g/mol. The molecular formula is C19H19N3O3S. The van der Waals surface area contributed by atoms with Gasteiger partial charge in [-0.2, -0.15) is 4.98 Å². The van der Waals surface area contributed by atoms with Crippen LogP contribution in [0.3, 0.4) is 0 Å². The largest absolute Gasteiger partial charge is 0.358 e. The molecule has 2 N–H and O–H groups in total. The summed E-state index contributed by atoms with van der Waals surface area (Å²) in [5.41, 5.74) is 2.61. The Balaban J connectivity index is 1.99. The summed E-state index contributed by atoms with van der Waals surface area (Å²) in [4.78, 5) is 46.4. The minimum atomic E-state index is -0.530. The smallest absolute Gasteiger partial charge is 0.346 e. The van der Waals surface area contributed by atoms with E-state index < -0.39 is 10.9 Å². The minimum Gasteiger partial charge on any atom is -0.358 e. The van der Waals surface area contributed by atoms with Crippen LogP contribution >= 0.6 is 11.8 Å². The number of aromatic nitrogens is 3. The van der Waals surface area contributed by atoms with Gasteiger partial charge < -0.3 is 9.97 Å². The third-order valence-electron chi connectivity index (χ3n) is 4.24. The number of thioether (sulfide) groups is 1. The van der Waals surface area contributed by atoms with E-state index in [9.17, 15) is 14.4 Å². The first-order valence-corrected chi connectivity index (χ1v) is 9.07. The fourth-order valence-electron chi connectivity index (χ4n) is 3.08. The maximum absolute atomic E-state index is 13.1. The lowest BCUT2D eigenvalue weighted by Crippen LogP contribution is -2.20. The Kier molecular flexibility index (Phi) is 4.82. The van der Waals surface area contributed by atoms with E-state index in [0.29, 0.717) is 16.8 Å².